The van der Waals surface area contributed by atoms with Crippen LogP contribution in [0, 0.1) is 5.92 Å². The van der Waals surface area contributed by atoms with Crippen LogP contribution in [0.25, 0.3) is 21.6 Å². The van der Waals surface area contributed by atoms with Gasteiger partial charge in [0.15, 0.2) is 0 Å². The van der Waals surface area contributed by atoms with E-state index in [2.05, 4.69) is 15.4 Å². The van der Waals surface area contributed by atoms with Gasteiger partial charge in [-0.2, -0.15) is 0 Å². The van der Waals surface area contributed by atoms with E-state index in [0.29, 0.717) is 58.4 Å². The first kappa shape index (κ1) is 35.1. The van der Waals surface area contributed by atoms with Gasteiger partial charge in [0.05, 0.1) is 30.1 Å². The Labute approximate surface area is 311 Å². The number of carbonyl (C=O) groups excluding carboxylic acids is 3. The molecule has 1 aromatic carbocycles. The quantitative estimate of drug-likeness (QED) is 0.301. The average molecular weight is 769 g/mol. The molecule has 16 heteroatoms. The number of amides is 4. The Morgan fingerprint density at radius 1 is 1.13 bits per heavy atom. The minimum absolute atomic E-state index is 0.0424. The zero-order chi connectivity index (χ0) is 36.4. The molecule has 3 aromatic rings. The summed E-state index contributed by atoms with van der Waals surface area (Å²) >= 11 is 8.30. The van der Waals surface area contributed by atoms with Gasteiger partial charge in [-0.3, -0.25) is 14.3 Å². The molecule has 5 aliphatic rings. The molecule has 4 atom stereocenters. The predicted octanol–water partition coefficient (Wildman–Crippen LogP) is 4.99. The van der Waals surface area contributed by atoms with E-state index in [-0.39, 0.29) is 31.2 Å². The van der Waals surface area contributed by atoms with E-state index in [1.165, 1.54) is 23.3 Å². The standard InChI is InChI=1S/C36H41ClN6O7S2/c1-42-14-6-4-3-5-7-21-17-36(21,34(45)41-52(47,48)23-10-11-23)40-35(46)43-18-22(15-27(43)33(42)44)50-29-16-25(32-39-26(19-51-32)20-8-9-20)38-31-24(29)12-13-28(49-2)30(31)37/h5,7,12-13,16,19-23,27H,3-4,6,8-11,14-15,17-18H2,1-2H3,(H,40,46)(H,41,45)/b7-5-/t21-,22+,27+,36-/m1/s1. The van der Waals surface area contributed by atoms with Crippen molar-refractivity contribution in [3.63, 3.8) is 0 Å². The molecule has 8 rings (SSSR count). The van der Waals surface area contributed by atoms with Crippen LogP contribution in [0.3, 0.4) is 0 Å². The van der Waals surface area contributed by atoms with E-state index in [1.54, 1.807) is 18.0 Å². The largest absolute Gasteiger partial charge is 0.495 e. The van der Waals surface area contributed by atoms with Crippen LogP contribution in [0.1, 0.15) is 69.4 Å². The van der Waals surface area contributed by atoms with Crippen LogP contribution in [0.15, 0.2) is 35.7 Å². The number of halogens is 1. The van der Waals surface area contributed by atoms with Crippen molar-refractivity contribution in [3.05, 3.63) is 46.4 Å². The number of carbonyl (C=O) groups is 3. The van der Waals surface area contributed by atoms with Crippen LogP contribution in [0.2, 0.25) is 5.02 Å². The van der Waals surface area contributed by atoms with Gasteiger partial charge in [0.25, 0.3) is 5.91 Å². The lowest BCUT2D eigenvalue weighted by molar-refractivity contribution is -0.134. The molecule has 0 unspecified atom stereocenters. The normalized spacial score (nSPS) is 27.3. The highest BCUT2D eigenvalue weighted by atomic mass is 35.5. The van der Waals surface area contributed by atoms with Crippen LogP contribution < -0.4 is 19.5 Å². The number of urea groups is 1. The van der Waals surface area contributed by atoms with E-state index < -0.39 is 44.9 Å². The maximum Gasteiger partial charge on any atom is 0.319 e. The lowest BCUT2D eigenvalue weighted by atomic mass is 10.1. The van der Waals surface area contributed by atoms with Crippen molar-refractivity contribution in [2.45, 2.75) is 86.6 Å². The topological polar surface area (TPSA) is 160 Å². The fourth-order valence-corrected chi connectivity index (χ4v) is 9.74. The number of aromatic nitrogens is 2. The smallest absolute Gasteiger partial charge is 0.319 e. The molecule has 13 nitrogen and oxygen atoms in total. The number of benzene rings is 1. The molecule has 0 spiro atoms. The molecular formula is C36H41ClN6O7S2. The number of nitrogens with one attached hydrogen (secondary N) is 2. The lowest BCUT2D eigenvalue weighted by Gasteiger charge is -2.30. The number of ether oxygens (including phenoxy) is 2. The van der Waals surface area contributed by atoms with Crippen molar-refractivity contribution in [2.75, 3.05) is 27.2 Å². The molecule has 0 bridgehead atoms. The molecule has 1 saturated heterocycles. The molecule has 2 aliphatic heterocycles. The third-order valence-electron chi connectivity index (χ3n) is 10.7. The number of allylic oxidation sites excluding steroid dienone is 1. The molecule has 4 fully saturated rings. The summed E-state index contributed by atoms with van der Waals surface area (Å²) in [7, 11) is -0.585. The first-order chi connectivity index (χ1) is 25.0. The summed E-state index contributed by atoms with van der Waals surface area (Å²) in [5, 5.41) is 6.02. The summed E-state index contributed by atoms with van der Waals surface area (Å²) in [5.74, 6) is 0.0335. The van der Waals surface area contributed by atoms with Crippen LogP contribution >= 0.6 is 22.9 Å². The number of likely N-dealkylation sites (N-methyl/N-ethyl adjacent to an activating group) is 1. The van der Waals surface area contributed by atoms with Gasteiger partial charge in [0, 0.05) is 48.7 Å². The second-order valence-electron chi connectivity index (χ2n) is 14.6. The number of hydrogen-bond acceptors (Lipinski definition) is 10. The fourth-order valence-electron chi connectivity index (χ4n) is 7.23. The molecular weight excluding hydrogens is 728 g/mol. The van der Waals surface area contributed by atoms with Crippen molar-refractivity contribution in [2.24, 2.45) is 5.92 Å². The molecule has 0 radical (unpaired) electrons. The number of fused-ring (bicyclic) bond motifs is 3. The van der Waals surface area contributed by atoms with E-state index >= 15 is 0 Å². The Bertz CT molecular complexity index is 2080. The van der Waals surface area contributed by atoms with Gasteiger partial charge in [0.2, 0.25) is 15.9 Å². The summed E-state index contributed by atoms with van der Waals surface area (Å²) in [5.41, 5.74) is 0.660. The third kappa shape index (κ3) is 6.71. The van der Waals surface area contributed by atoms with Crippen molar-refractivity contribution in [3.8, 4) is 22.2 Å². The minimum atomic E-state index is -3.85. The summed E-state index contributed by atoms with van der Waals surface area (Å²) < 4.78 is 39.9. The monoisotopic (exact) mass is 768 g/mol. The van der Waals surface area contributed by atoms with Crippen molar-refractivity contribution >= 4 is 61.7 Å². The average Bonchev–Trinajstić information content (AvgIpc) is 4.07. The van der Waals surface area contributed by atoms with Crippen molar-refractivity contribution < 1.29 is 32.3 Å². The van der Waals surface area contributed by atoms with Gasteiger partial charge in [-0.25, -0.2) is 23.2 Å². The van der Waals surface area contributed by atoms with E-state index in [4.69, 9.17) is 31.0 Å². The fraction of sp³-hybridized carbons (Fsp3) is 0.528. The highest BCUT2D eigenvalue weighted by Gasteiger charge is 2.62. The van der Waals surface area contributed by atoms with Gasteiger partial charge < -0.3 is 24.6 Å². The van der Waals surface area contributed by atoms with Crippen molar-refractivity contribution in [1.29, 1.82) is 0 Å². The third-order valence-corrected chi connectivity index (χ3v) is 13.8. The van der Waals surface area contributed by atoms with Gasteiger partial charge in [-0.1, -0.05) is 23.8 Å². The van der Waals surface area contributed by atoms with E-state index in [0.717, 1.165) is 42.8 Å². The molecule has 4 amide bonds. The molecule has 52 heavy (non-hydrogen) atoms. The first-order valence-electron chi connectivity index (χ1n) is 17.8. The van der Waals surface area contributed by atoms with Crippen LogP contribution in [-0.2, 0) is 19.6 Å². The Hall–Kier alpha value is -3.95. The van der Waals surface area contributed by atoms with Gasteiger partial charge in [-0.15, -0.1) is 11.3 Å². The molecule has 3 saturated carbocycles. The first-order valence-corrected chi connectivity index (χ1v) is 20.6. The SMILES string of the molecule is COc1ccc2c(O[C@H]3C[C@H]4C(=O)N(C)CCCC/C=C\[C@@H]5C[C@@]5(C(=O)NS(=O)(=O)C5CC5)NC(=O)N4C3)cc(-c3nc(C4CC4)cs3)nc2c1Cl. The number of thiazole rings is 1. The number of methoxy groups -OCH3 is 1. The number of nitrogens with zero attached hydrogens (tertiary/aromatic N) is 4. The van der Waals surface area contributed by atoms with Gasteiger partial charge in [-0.05, 0) is 63.5 Å². The molecule has 2 aromatic heterocycles. The second kappa shape index (κ2) is 13.5. The van der Waals surface area contributed by atoms with Crippen LogP contribution in [-0.4, -0.2) is 96.2 Å². The Kier molecular flexibility index (Phi) is 9.10. The lowest BCUT2D eigenvalue weighted by Crippen LogP contribution is -2.57. The number of pyridine rings is 1. The van der Waals surface area contributed by atoms with E-state index in [1.807, 2.05) is 24.3 Å². The maximum atomic E-state index is 14.2. The number of hydrogen-bond donors (Lipinski definition) is 2. The predicted molar refractivity (Wildman–Crippen MR) is 196 cm³/mol. The Morgan fingerprint density at radius 3 is 2.69 bits per heavy atom. The van der Waals surface area contributed by atoms with E-state index in [9.17, 15) is 22.8 Å². The second-order valence-corrected chi connectivity index (χ2v) is 17.7. The van der Waals surface area contributed by atoms with Gasteiger partial charge in [0.1, 0.15) is 44.9 Å². The molecule has 276 valence electrons. The Balaban J connectivity index is 1.11. The molecule has 2 N–H and O–H groups in total. The summed E-state index contributed by atoms with van der Waals surface area (Å²) in [6.45, 7) is 0.565. The summed E-state index contributed by atoms with van der Waals surface area (Å²) in [6, 6.07) is 3.87. The van der Waals surface area contributed by atoms with Crippen LogP contribution in [0.4, 0.5) is 4.79 Å². The van der Waals surface area contributed by atoms with Gasteiger partial charge >= 0.3 is 6.03 Å². The molecule has 4 heterocycles. The maximum absolute atomic E-state index is 14.2. The number of sulfonamides is 1. The van der Waals surface area contributed by atoms with Crippen molar-refractivity contribution in [1.82, 2.24) is 29.8 Å². The Morgan fingerprint density at radius 2 is 1.94 bits per heavy atom. The molecule has 3 aliphatic carbocycles. The zero-order valence-electron chi connectivity index (χ0n) is 29.0. The highest BCUT2D eigenvalue weighted by molar-refractivity contribution is 7.91. The van der Waals surface area contributed by atoms with Crippen LogP contribution in [0.5, 0.6) is 11.5 Å². The number of rotatable bonds is 8. The zero-order valence-corrected chi connectivity index (χ0v) is 31.4. The summed E-state index contributed by atoms with van der Waals surface area (Å²) in [6.07, 6.45) is 9.24. The summed E-state index contributed by atoms with van der Waals surface area (Å²) in [4.78, 5) is 54.6. The highest BCUT2D eigenvalue weighted by Crippen LogP contribution is 2.47. The minimum Gasteiger partial charge on any atom is -0.495 e.